The maximum atomic E-state index is 12.9. The van der Waals surface area contributed by atoms with E-state index in [0.717, 1.165) is 24.8 Å². The van der Waals surface area contributed by atoms with Crippen molar-refractivity contribution >= 4 is 6.01 Å². The van der Waals surface area contributed by atoms with E-state index in [1.807, 2.05) is 0 Å². The largest absolute Gasteiger partial charge is 0.402 e. The Morgan fingerprint density at radius 2 is 1.90 bits per heavy atom. The van der Waals surface area contributed by atoms with Crippen LogP contribution in [0.5, 0.6) is 0 Å². The highest BCUT2D eigenvalue weighted by Crippen LogP contribution is 2.35. The lowest BCUT2D eigenvalue weighted by atomic mass is 9.97. The van der Waals surface area contributed by atoms with Gasteiger partial charge in [-0.05, 0) is 42.9 Å². The van der Waals surface area contributed by atoms with E-state index in [4.69, 9.17) is 4.42 Å². The van der Waals surface area contributed by atoms with E-state index in [0.29, 0.717) is 5.92 Å². The fourth-order valence-electron chi connectivity index (χ4n) is 2.71. The van der Waals surface area contributed by atoms with E-state index in [-0.39, 0.29) is 17.9 Å². The number of hydrogen-bond acceptors (Lipinski definition) is 4. The summed E-state index contributed by atoms with van der Waals surface area (Å²) in [6.07, 6.45) is -0.130. The number of benzene rings is 1. The van der Waals surface area contributed by atoms with Crippen LogP contribution >= 0.6 is 0 Å². The van der Waals surface area contributed by atoms with E-state index in [2.05, 4.69) is 15.5 Å². The van der Waals surface area contributed by atoms with Crippen molar-refractivity contribution in [1.82, 2.24) is 10.2 Å². The van der Waals surface area contributed by atoms with Crippen molar-refractivity contribution in [2.45, 2.75) is 37.6 Å². The van der Waals surface area contributed by atoms with Crippen LogP contribution in [-0.2, 0) is 0 Å². The van der Waals surface area contributed by atoms with Crippen molar-refractivity contribution in [1.29, 1.82) is 0 Å². The Hall–Kier alpha value is -2.05. The summed E-state index contributed by atoms with van der Waals surface area (Å²) in [5.74, 6) is -0.608. The predicted molar refractivity (Wildman–Crippen MR) is 69.7 cm³/mol. The zero-order chi connectivity index (χ0) is 14.8. The minimum absolute atomic E-state index is 0.0232. The molecular weight excluding hydrogens is 283 g/mol. The maximum absolute atomic E-state index is 12.9. The van der Waals surface area contributed by atoms with Crippen molar-refractivity contribution < 1.29 is 17.6 Å². The second kappa shape index (κ2) is 5.75. The molecule has 2 aromatic rings. The monoisotopic (exact) mass is 297 g/mol. The van der Waals surface area contributed by atoms with Gasteiger partial charge in [-0.2, -0.15) is 8.78 Å². The first kappa shape index (κ1) is 13.9. The minimum Gasteiger partial charge on any atom is -0.402 e. The van der Waals surface area contributed by atoms with Gasteiger partial charge in [-0.3, -0.25) is 0 Å². The normalized spacial score (nSPS) is 21.9. The van der Waals surface area contributed by atoms with E-state index < -0.39 is 12.3 Å². The fraction of sp³-hybridized carbons (Fsp3) is 0.429. The first-order chi connectivity index (χ1) is 10.1. The van der Waals surface area contributed by atoms with Gasteiger partial charge in [0.05, 0.1) is 0 Å². The summed E-state index contributed by atoms with van der Waals surface area (Å²) >= 11 is 0. The number of nitrogens with one attached hydrogen (secondary N) is 1. The smallest absolute Gasteiger partial charge is 0.315 e. The van der Waals surface area contributed by atoms with Gasteiger partial charge in [-0.25, -0.2) is 4.39 Å². The van der Waals surface area contributed by atoms with Crippen LogP contribution in [0.4, 0.5) is 19.2 Å². The van der Waals surface area contributed by atoms with Gasteiger partial charge in [-0.1, -0.05) is 17.2 Å². The Balaban J connectivity index is 1.60. The summed E-state index contributed by atoms with van der Waals surface area (Å²) in [5, 5.41) is 9.81. The highest BCUT2D eigenvalue weighted by Gasteiger charge is 2.27. The summed E-state index contributed by atoms with van der Waals surface area (Å²) in [5.41, 5.74) is 1.08. The third-order valence-corrected chi connectivity index (χ3v) is 3.73. The van der Waals surface area contributed by atoms with Crippen LogP contribution in [0.2, 0.25) is 0 Å². The molecule has 1 heterocycles. The summed E-state index contributed by atoms with van der Waals surface area (Å²) < 4.78 is 42.4. The molecule has 0 unspecified atom stereocenters. The Morgan fingerprint density at radius 3 is 2.57 bits per heavy atom. The third-order valence-electron chi connectivity index (χ3n) is 3.73. The average molecular weight is 297 g/mol. The van der Waals surface area contributed by atoms with Crippen LogP contribution in [0.3, 0.4) is 0 Å². The molecule has 21 heavy (non-hydrogen) atoms. The molecule has 1 N–H and O–H groups in total. The van der Waals surface area contributed by atoms with Crippen LogP contribution in [0.15, 0.2) is 28.7 Å². The van der Waals surface area contributed by atoms with Gasteiger partial charge in [0.1, 0.15) is 5.82 Å². The molecule has 2 atom stereocenters. The molecule has 112 valence electrons. The molecule has 1 aromatic heterocycles. The molecule has 3 rings (SSSR count). The van der Waals surface area contributed by atoms with Gasteiger partial charge in [0.25, 0.3) is 5.89 Å². The number of alkyl halides is 2. The standard InChI is InChI=1S/C14H14F3N3O/c15-10-4-1-8(2-5-10)9-3-6-11(7-9)18-14-20-19-13(21-14)12(16)17/h1-2,4-5,9,11-12H,3,6-7H2,(H,18,20)/t9-,11-/m1/s1. The van der Waals surface area contributed by atoms with Crippen molar-refractivity contribution in [3.05, 3.63) is 41.5 Å². The molecule has 4 nitrogen and oxygen atoms in total. The SMILES string of the molecule is Fc1ccc([C@@H]2CC[C@@H](Nc3nnc(C(F)F)o3)C2)cc1. The Labute approximate surface area is 119 Å². The van der Waals surface area contributed by atoms with Crippen LogP contribution in [0.25, 0.3) is 0 Å². The molecule has 0 aliphatic heterocycles. The fourth-order valence-corrected chi connectivity index (χ4v) is 2.71. The van der Waals surface area contributed by atoms with Crippen LogP contribution < -0.4 is 5.32 Å². The number of aromatic nitrogens is 2. The van der Waals surface area contributed by atoms with E-state index >= 15 is 0 Å². The van der Waals surface area contributed by atoms with E-state index in [9.17, 15) is 13.2 Å². The van der Waals surface area contributed by atoms with E-state index in [1.54, 1.807) is 12.1 Å². The van der Waals surface area contributed by atoms with Gasteiger partial charge in [-0.15, -0.1) is 5.10 Å². The number of hydrogen-bond donors (Lipinski definition) is 1. The molecule has 0 radical (unpaired) electrons. The summed E-state index contributed by atoms with van der Waals surface area (Å²) in [6, 6.07) is 6.57. The molecule has 1 fully saturated rings. The first-order valence-corrected chi connectivity index (χ1v) is 6.75. The number of nitrogens with zero attached hydrogens (tertiary/aromatic N) is 2. The Bertz CT molecular complexity index is 600. The molecule has 1 aromatic carbocycles. The van der Waals surface area contributed by atoms with E-state index in [1.165, 1.54) is 12.1 Å². The van der Waals surface area contributed by atoms with Crippen molar-refractivity contribution in [2.75, 3.05) is 5.32 Å². The van der Waals surface area contributed by atoms with Crippen molar-refractivity contribution in [3.8, 4) is 0 Å². The lowest BCUT2D eigenvalue weighted by Gasteiger charge is -2.12. The summed E-state index contributed by atoms with van der Waals surface area (Å²) in [4.78, 5) is 0. The molecule has 0 bridgehead atoms. The summed E-state index contributed by atoms with van der Waals surface area (Å²) in [7, 11) is 0. The predicted octanol–water partition coefficient (Wildman–Crippen LogP) is 3.89. The van der Waals surface area contributed by atoms with Gasteiger partial charge in [0.15, 0.2) is 0 Å². The number of rotatable bonds is 4. The summed E-state index contributed by atoms with van der Waals surface area (Å²) in [6.45, 7) is 0. The average Bonchev–Trinajstić information content (AvgIpc) is 3.10. The zero-order valence-electron chi connectivity index (χ0n) is 11.1. The Morgan fingerprint density at radius 1 is 1.14 bits per heavy atom. The van der Waals surface area contributed by atoms with Crippen molar-refractivity contribution in [3.63, 3.8) is 0 Å². The number of anilines is 1. The highest BCUT2D eigenvalue weighted by atomic mass is 19.3. The van der Waals surface area contributed by atoms with Gasteiger partial charge in [0.2, 0.25) is 0 Å². The molecule has 1 aliphatic carbocycles. The first-order valence-electron chi connectivity index (χ1n) is 6.75. The Kier molecular flexibility index (Phi) is 3.81. The zero-order valence-corrected chi connectivity index (χ0v) is 11.1. The molecular formula is C14H14F3N3O. The second-order valence-corrected chi connectivity index (χ2v) is 5.15. The van der Waals surface area contributed by atoms with Crippen molar-refractivity contribution in [2.24, 2.45) is 0 Å². The molecule has 1 saturated carbocycles. The third kappa shape index (κ3) is 3.17. The lowest BCUT2D eigenvalue weighted by Crippen LogP contribution is -2.15. The molecule has 0 saturated heterocycles. The topological polar surface area (TPSA) is 51.0 Å². The lowest BCUT2D eigenvalue weighted by molar-refractivity contribution is 0.116. The molecule has 0 spiro atoms. The van der Waals surface area contributed by atoms with Gasteiger partial charge < -0.3 is 9.73 Å². The number of halogens is 3. The molecule has 0 amide bonds. The van der Waals surface area contributed by atoms with Gasteiger partial charge >= 0.3 is 12.4 Å². The maximum Gasteiger partial charge on any atom is 0.315 e. The van der Waals surface area contributed by atoms with Crippen LogP contribution in [0.1, 0.15) is 43.1 Å². The van der Waals surface area contributed by atoms with Crippen LogP contribution in [-0.4, -0.2) is 16.2 Å². The second-order valence-electron chi connectivity index (χ2n) is 5.15. The molecule has 7 heteroatoms. The highest BCUT2D eigenvalue weighted by molar-refractivity contribution is 5.26. The quantitative estimate of drug-likeness (QED) is 0.930. The molecule has 1 aliphatic rings. The van der Waals surface area contributed by atoms with Crippen LogP contribution in [0, 0.1) is 5.82 Å². The van der Waals surface area contributed by atoms with Gasteiger partial charge in [0, 0.05) is 6.04 Å². The minimum atomic E-state index is -2.76.